The molecular weight excluding hydrogens is 384 g/mol. The summed E-state index contributed by atoms with van der Waals surface area (Å²) < 4.78 is 5.13. The van der Waals surface area contributed by atoms with Crippen molar-refractivity contribution < 1.29 is 24.5 Å². The molecule has 0 aromatic heterocycles. The molecule has 1 aliphatic carbocycles. The number of aliphatic hydroxyl groups is 2. The van der Waals surface area contributed by atoms with Gasteiger partial charge in [-0.05, 0) is 46.5 Å². The third-order valence-corrected chi connectivity index (χ3v) is 4.85. The molecule has 0 saturated carbocycles. The number of amides is 3. The molecule has 3 aromatic carbocycles. The molecular formula is C23H20N2O5. The number of ether oxygens (including phenoxy) is 1. The van der Waals surface area contributed by atoms with E-state index >= 15 is 0 Å². The Bertz CT molecular complexity index is 1030. The van der Waals surface area contributed by atoms with Gasteiger partial charge in [0.05, 0.1) is 6.04 Å². The second kappa shape index (κ2) is 8.36. The van der Waals surface area contributed by atoms with Crippen LogP contribution in [0, 0.1) is 0 Å². The normalized spacial score (nSPS) is 12.2. The zero-order valence-corrected chi connectivity index (χ0v) is 15.9. The average molecular weight is 404 g/mol. The molecule has 0 unspecified atom stereocenters. The molecule has 4 rings (SSSR count). The van der Waals surface area contributed by atoms with Gasteiger partial charge in [0, 0.05) is 5.56 Å². The fourth-order valence-electron chi connectivity index (χ4n) is 3.53. The minimum absolute atomic E-state index is 0.272. The fourth-order valence-corrected chi connectivity index (χ4v) is 3.53. The maximum absolute atomic E-state index is 12.5. The summed E-state index contributed by atoms with van der Waals surface area (Å²) >= 11 is 0. The molecule has 7 nitrogen and oxygen atoms in total. The first-order valence-electron chi connectivity index (χ1n) is 9.42. The molecule has 0 heterocycles. The first-order valence-corrected chi connectivity index (χ1v) is 9.42. The summed E-state index contributed by atoms with van der Waals surface area (Å²) in [5.41, 5.74) is 4.36. The summed E-state index contributed by atoms with van der Waals surface area (Å²) in [6.07, 6.45) is -1.58. The summed E-state index contributed by atoms with van der Waals surface area (Å²) in [5, 5.41) is 22.9. The van der Waals surface area contributed by atoms with E-state index in [0.29, 0.717) is 5.75 Å². The molecule has 0 fully saturated rings. The number of aliphatic hydroxyl groups excluding tert-OH is 1. The zero-order valence-electron chi connectivity index (χ0n) is 15.9. The van der Waals surface area contributed by atoms with Crippen molar-refractivity contribution in [3.05, 3.63) is 89.5 Å². The van der Waals surface area contributed by atoms with E-state index in [1.807, 2.05) is 48.5 Å². The van der Waals surface area contributed by atoms with Gasteiger partial charge in [0.2, 0.25) is 0 Å². The molecule has 0 aliphatic heterocycles. The Morgan fingerprint density at radius 1 is 0.867 bits per heavy atom. The monoisotopic (exact) mass is 404 g/mol. The highest BCUT2D eigenvalue weighted by Crippen LogP contribution is 2.42. The second-order valence-corrected chi connectivity index (χ2v) is 6.85. The Labute approximate surface area is 172 Å². The Kier molecular flexibility index (Phi) is 5.47. The van der Waals surface area contributed by atoms with Crippen LogP contribution in [0.2, 0.25) is 0 Å². The summed E-state index contributed by atoms with van der Waals surface area (Å²) in [5.74, 6) is -0.177. The lowest BCUT2D eigenvalue weighted by Gasteiger charge is -2.16. The topological polar surface area (TPSA) is 108 Å². The number of urea groups is 1. The number of carbonyl (C=O) groups is 2. The first kappa shape index (κ1) is 19.6. The van der Waals surface area contributed by atoms with Gasteiger partial charge in [-0.3, -0.25) is 10.1 Å². The Balaban J connectivity index is 1.43. The van der Waals surface area contributed by atoms with Gasteiger partial charge in [0.1, 0.15) is 12.4 Å². The molecule has 0 atom stereocenters. The minimum Gasteiger partial charge on any atom is -0.488 e. The highest BCUT2D eigenvalue weighted by molar-refractivity contribution is 6.04. The third-order valence-electron chi connectivity index (χ3n) is 4.85. The smallest absolute Gasteiger partial charge is 0.322 e. The van der Waals surface area contributed by atoms with Gasteiger partial charge in [-0.25, -0.2) is 4.79 Å². The quantitative estimate of drug-likeness (QED) is 0.489. The molecule has 30 heavy (non-hydrogen) atoms. The summed E-state index contributed by atoms with van der Waals surface area (Å²) in [7, 11) is 0. The Morgan fingerprint density at radius 3 is 2.00 bits per heavy atom. The van der Waals surface area contributed by atoms with Crippen molar-refractivity contribution in [2.45, 2.75) is 12.3 Å². The number of rotatable bonds is 5. The van der Waals surface area contributed by atoms with Crippen LogP contribution in [0.4, 0.5) is 4.79 Å². The lowest BCUT2D eigenvalue weighted by atomic mass is 10.1. The van der Waals surface area contributed by atoms with E-state index in [9.17, 15) is 9.59 Å². The van der Waals surface area contributed by atoms with E-state index in [4.69, 9.17) is 14.9 Å². The van der Waals surface area contributed by atoms with Crippen LogP contribution >= 0.6 is 0 Å². The predicted molar refractivity (Wildman–Crippen MR) is 110 cm³/mol. The van der Waals surface area contributed by atoms with Crippen molar-refractivity contribution in [3.63, 3.8) is 0 Å². The van der Waals surface area contributed by atoms with Crippen LogP contribution in [0.5, 0.6) is 5.75 Å². The van der Waals surface area contributed by atoms with Crippen LogP contribution in [-0.4, -0.2) is 35.0 Å². The summed E-state index contributed by atoms with van der Waals surface area (Å²) in [6, 6.07) is 20.8. The van der Waals surface area contributed by atoms with E-state index in [1.165, 1.54) is 24.3 Å². The van der Waals surface area contributed by atoms with Crippen molar-refractivity contribution in [2.24, 2.45) is 0 Å². The van der Waals surface area contributed by atoms with E-state index in [2.05, 4.69) is 10.6 Å². The van der Waals surface area contributed by atoms with Crippen molar-refractivity contribution in [1.29, 1.82) is 0 Å². The van der Waals surface area contributed by atoms with Gasteiger partial charge in [-0.1, -0.05) is 48.5 Å². The molecule has 0 spiro atoms. The molecule has 0 bridgehead atoms. The number of hydrogen-bond acceptors (Lipinski definition) is 5. The molecule has 152 valence electrons. The van der Waals surface area contributed by atoms with Crippen LogP contribution in [0.15, 0.2) is 72.8 Å². The maximum atomic E-state index is 12.5. The van der Waals surface area contributed by atoms with E-state index in [0.717, 1.165) is 22.3 Å². The number of nitrogens with one attached hydrogen (secondary N) is 2. The van der Waals surface area contributed by atoms with Crippen molar-refractivity contribution in [1.82, 2.24) is 10.6 Å². The fraction of sp³-hybridized carbons (Fsp3) is 0.130. The van der Waals surface area contributed by atoms with Crippen molar-refractivity contribution in [2.75, 3.05) is 6.61 Å². The van der Waals surface area contributed by atoms with Crippen LogP contribution in [0.3, 0.4) is 0 Å². The van der Waals surface area contributed by atoms with E-state index in [-0.39, 0.29) is 18.2 Å². The molecule has 1 aliphatic rings. The molecule has 4 N–H and O–H groups in total. The number of benzene rings is 3. The number of carbonyl (C=O) groups excluding carboxylic acids is 2. The van der Waals surface area contributed by atoms with Gasteiger partial charge < -0.3 is 20.3 Å². The number of imide groups is 1. The molecule has 7 heteroatoms. The lowest BCUT2D eigenvalue weighted by molar-refractivity contribution is -0.0680. The molecule has 3 aromatic rings. The third kappa shape index (κ3) is 4.03. The SMILES string of the molecule is O=C(NC(=O)c1ccc(OCC(O)O)cc1)NC1c2ccccc2-c2ccccc21. The summed E-state index contributed by atoms with van der Waals surface area (Å²) in [4.78, 5) is 24.9. The van der Waals surface area contributed by atoms with Crippen LogP contribution in [-0.2, 0) is 0 Å². The second-order valence-electron chi connectivity index (χ2n) is 6.85. The van der Waals surface area contributed by atoms with E-state index < -0.39 is 18.2 Å². The van der Waals surface area contributed by atoms with Crippen LogP contribution in [0.25, 0.3) is 11.1 Å². The minimum atomic E-state index is -1.58. The van der Waals surface area contributed by atoms with E-state index in [1.54, 1.807) is 0 Å². The number of hydrogen-bond donors (Lipinski definition) is 4. The molecule has 3 amide bonds. The van der Waals surface area contributed by atoms with Gasteiger partial charge >= 0.3 is 6.03 Å². The Morgan fingerprint density at radius 2 is 1.43 bits per heavy atom. The van der Waals surface area contributed by atoms with Gasteiger partial charge in [0.15, 0.2) is 6.29 Å². The Hall–Kier alpha value is -3.68. The van der Waals surface area contributed by atoms with Gasteiger partial charge in [0.25, 0.3) is 5.91 Å². The predicted octanol–water partition coefficient (Wildman–Crippen LogP) is 2.59. The van der Waals surface area contributed by atoms with Crippen molar-refractivity contribution in [3.8, 4) is 16.9 Å². The highest BCUT2D eigenvalue weighted by Gasteiger charge is 2.29. The lowest BCUT2D eigenvalue weighted by Crippen LogP contribution is -2.41. The zero-order chi connectivity index (χ0) is 21.1. The largest absolute Gasteiger partial charge is 0.488 e. The highest BCUT2D eigenvalue weighted by atomic mass is 16.5. The van der Waals surface area contributed by atoms with Crippen molar-refractivity contribution >= 4 is 11.9 Å². The van der Waals surface area contributed by atoms with Crippen LogP contribution in [0.1, 0.15) is 27.5 Å². The summed E-state index contributed by atoms with van der Waals surface area (Å²) in [6.45, 7) is -0.279. The van der Waals surface area contributed by atoms with Crippen LogP contribution < -0.4 is 15.4 Å². The first-order chi connectivity index (χ1) is 14.5. The average Bonchev–Trinajstić information content (AvgIpc) is 3.06. The standard InChI is InChI=1S/C23H20N2O5/c26-20(27)13-30-15-11-9-14(10-12-15)22(28)25-23(29)24-21-18-7-3-1-5-16(18)17-6-2-4-8-19(17)21/h1-12,20-21,26-27H,13H2,(H2,24,25,28,29). The van der Waals surface area contributed by atoms with Gasteiger partial charge in [-0.2, -0.15) is 0 Å². The molecule has 0 saturated heterocycles. The number of fused-ring (bicyclic) bond motifs is 3. The van der Waals surface area contributed by atoms with Gasteiger partial charge in [-0.15, -0.1) is 0 Å². The molecule has 0 radical (unpaired) electrons. The maximum Gasteiger partial charge on any atom is 0.322 e.